The van der Waals surface area contributed by atoms with Gasteiger partial charge in [-0.3, -0.25) is 0 Å². The van der Waals surface area contributed by atoms with Gasteiger partial charge in [0.05, 0.1) is 5.02 Å². The van der Waals surface area contributed by atoms with E-state index >= 15 is 0 Å². The second kappa shape index (κ2) is 3.04. The Labute approximate surface area is 90.0 Å². The Morgan fingerprint density at radius 3 is 2.64 bits per heavy atom. The molecule has 0 amide bonds. The van der Waals surface area contributed by atoms with E-state index in [4.69, 9.17) is 21.1 Å². The minimum atomic E-state index is 0.611. The summed E-state index contributed by atoms with van der Waals surface area (Å²) in [5.41, 5.74) is 0. The van der Waals surface area contributed by atoms with E-state index in [1.165, 1.54) is 0 Å². The normalized spacial score (nSPS) is 14.6. The Morgan fingerprint density at radius 1 is 1.14 bits per heavy atom. The molecule has 0 spiro atoms. The number of rotatable bonds is 0. The predicted octanol–water partition coefficient (Wildman–Crippen LogP) is 3.33. The highest BCUT2D eigenvalue weighted by Crippen LogP contribution is 2.39. The summed E-state index contributed by atoms with van der Waals surface area (Å²) in [4.78, 5) is 0. The highest BCUT2D eigenvalue weighted by molar-refractivity contribution is 7.17. The molecule has 2 aromatic rings. The topological polar surface area (TPSA) is 18.5 Å². The molecule has 0 atom stereocenters. The lowest BCUT2D eigenvalue weighted by atomic mass is 10.2. The third-order valence-corrected chi connectivity index (χ3v) is 3.58. The maximum atomic E-state index is 6.03. The first-order valence-electron chi connectivity index (χ1n) is 4.31. The van der Waals surface area contributed by atoms with Crippen molar-refractivity contribution in [2.45, 2.75) is 0 Å². The van der Waals surface area contributed by atoms with Crippen LogP contribution in [0.15, 0.2) is 17.5 Å². The van der Waals surface area contributed by atoms with Gasteiger partial charge in [0.15, 0.2) is 11.5 Å². The molecule has 1 aliphatic heterocycles. The third kappa shape index (κ3) is 1.16. The van der Waals surface area contributed by atoms with E-state index in [9.17, 15) is 0 Å². The van der Waals surface area contributed by atoms with Crippen molar-refractivity contribution < 1.29 is 9.47 Å². The van der Waals surface area contributed by atoms with Gasteiger partial charge in [-0.15, -0.1) is 11.3 Å². The second-order valence-electron chi connectivity index (χ2n) is 3.08. The van der Waals surface area contributed by atoms with Gasteiger partial charge in [0.1, 0.15) is 13.2 Å². The minimum Gasteiger partial charge on any atom is -0.486 e. The van der Waals surface area contributed by atoms with Crippen LogP contribution in [-0.4, -0.2) is 13.2 Å². The zero-order valence-electron chi connectivity index (χ0n) is 7.25. The summed E-state index contributed by atoms with van der Waals surface area (Å²) in [5, 5.41) is 3.75. The van der Waals surface area contributed by atoms with Crippen LogP contribution in [0.5, 0.6) is 11.5 Å². The highest BCUT2D eigenvalue weighted by atomic mass is 35.5. The Balaban J connectivity index is 2.29. The Hall–Kier alpha value is -0.930. The first-order chi connectivity index (χ1) is 6.84. The smallest absolute Gasteiger partial charge is 0.162 e. The van der Waals surface area contributed by atoms with Crippen molar-refractivity contribution in [3.05, 3.63) is 22.5 Å². The van der Waals surface area contributed by atoms with Crippen molar-refractivity contribution in [2.75, 3.05) is 13.2 Å². The fraction of sp³-hybridized carbons (Fsp3) is 0.200. The molecule has 0 bridgehead atoms. The van der Waals surface area contributed by atoms with E-state index in [-0.39, 0.29) is 0 Å². The molecule has 0 saturated carbocycles. The molecule has 14 heavy (non-hydrogen) atoms. The summed E-state index contributed by atoms with van der Waals surface area (Å²) >= 11 is 7.65. The number of benzene rings is 1. The lowest BCUT2D eigenvalue weighted by molar-refractivity contribution is 0.172. The summed E-state index contributed by atoms with van der Waals surface area (Å²) in [7, 11) is 0. The number of thiophene rings is 1. The first-order valence-corrected chi connectivity index (χ1v) is 5.57. The number of halogens is 1. The third-order valence-electron chi connectivity index (χ3n) is 2.19. The molecule has 0 N–H and O–H groups in total. The van der Waals surface area contributed by atoms with Crippen molar-refractivity contribution in [3.63, 3.8) is 0 Å². The molecule has 3 rings (SSSR count). The Kier molecular flexibility index (Phi) is 1.82. The number of ether oxygens (including phenoxy) is 2. The Bertz CT molecular complexity index is 492. The minimum absolute atomic E-state index is 0.611. The van der Waals surface area contributed by atoms with Crippen molar-refractivity contribution >= 4 is 33.0 Å². The van der Waals surface area contributed by atoms with Crippen molar-refractivity contribution in [1.29, 1.82) is 0 Å². The molecule has 0 saturated heterocycles. The standard InChI is InChI=1S/C10H7ClO2S/c11-7-5-14-10-4-9-8(3-6(7)10)12-1-2-13-9/h3-5H,1-2H2. The first kappa shape index (κ1) is 8.38. The van der Waals surface area contributed by atoms with Crippen molar-refractivity contribution in [3.8, 4) is 11.5 Å². The molecule has 4 heteroatoms. The van der Waals surface area contributed by atoms with Gasteiger partial charge < -0.3 is 9.47 Å². The van der Waals surface area contributed by atoms with Gasteiger partial charge in [0.2, 0.25) is 0 Å². The van der Waals surface area contributed by atoms with Gasteiger partial charge in [-0.05, 0) is 6.07 Å². The summed E-state index contributed by atoms with van der Waals surface area (Å²) < 4.78 is 12.1. The average Bonchev–Trinajstić information content (AvgIpc) is 2.57. The quantitative estimate of drug-likeness (QED) is 0.686. The van der Waals surface area contributed by atoms with Crippen LogP contribution in [-0.2, 0) is 0 Å². The van der Waals surface area contributed by atoms with E-state index in [2.05, 4.69) is 0 Å². The molecule has 1 aromatic carbocycles. The largest absolute Gasteiger partial charge is 0.486 e. The van der Waals surface area contributed by atoms with Gasteiger partial charge in [-0.1, -0.05) is 11.6 Å². The molecule has 2 heterocycles. The molecule has 0 unspecified atom stereocenters. The van der Waals surface area contributed by atoms with Crippen LogP contribution in [0.2, 0.25) is 5.02 Å². The maximum Gasteiger partial charge on any atom is 0.162 e. The lowest BCUT2D eigenvalue weighted by Gasteiger charge is -2.18. The van der Waals surface area contributed by atoms with Gasteiger partial charge in [-0.2, -0.15) is 0 Å². The van der Waals surface area contributed by atoms with Gasteiger partial charge in [0.25, 0.3) is 0 Å². The fourth-order valence-corrected chi connectivity index (χ4v) is 2.71. The van der Waals surface area contributed by atoms with E-state index in [1.54, 1.807) is 11.3 Å². The number of hydrogen-bond acceptors (Lipinski definition) is 3. The fourth-order valence-electron chi connectivity index (χ4n) is 1.53. The predicted molar refractivity (Wildman–Crippen MR) is 57.8 cm³/mol. The summed E-state index contributed by atoms with van der Waals surface area (Å²) in [6, 6.07) is 3.93. The SMILES string of the molecule is Clc1csc2cc3c(cc12)OCCO3. The number of fused-ring (bicyclic) bond motifs is 2. The molecule has 1 aromatic heterocycles. The van der Waals surface area contributed by atoms with Crippen LogP contribution in [0.25, 0.3) is 10.1 Å². The lowest BCUT2D eigenvalue weighted by Crippen LogP contribution is -2.14. The van der Waals surface area contributed by atoms with E-state index in [1.807, 2.05) is 17.5 Å². The van der Waals surface area contributed by atoms with Gasteiger partial charge in [0, 0.05) is 21.5 Å². The van der Waals surface area contributed by atoms with Crippen LogP contribution in [0.3, 0.4) is 0 Å². The van der Waals surface area contributed by atoms with Crippen LogP contribution >= 0.6 is 22.9 Å². The highest BCUT2D eigenvalue weighted by Gasteiger charge is 2.14. The molecule has 0 aliphatic carbocycles. The monoisotopic (exact) mass is 226 g/mol. The molecule has 0 fully saturated rings. The van der Waals surface area contributed by atoms with Gasteiger partial charge in [-0.25, -0.2) is 0 Å². The Morgan fingerprint density at radius 2 is 1.86 bits per heavy atom. The van der Waals surface area contributed by atoms with E-state index in [0.29, 0.717) is 13.2 Å². The summed E-state index contributed by atoms with van der Waals surface area (Å²) in [5.74, 6) is 1.62. The van der Waals surface area contributed by atoms with Crippen molar-refractivity contribution in [1.82, 2.24) is 0 Å². The molecule has 1 aliphatic rings. The van der Waals surface area contributed by atoms with E-state index in [0.717, 1.165) is 26.6 Å². The molecular formula is C10H7ClO2S. The van der Waals surface area contributed by atoms with Crippen LogP contribution in [0, 0.1) is 0 Å². The molecule has 0 radical (unpaired) electrons. The number of hydrogen-bond donors (Lipinski definition) is 0. The van der Waals surface area contributed by atoms with Crippen LogP contribution in [0.4, 0.5) is 0 Å². The van der Waals surface area contributed by atoms with Gasteiger partial charge >= 0.3 is 0 Å². The van der Waals surface area contributed by atoms with Crippen molar-refractivity contribution in [2.24, 2.45) is 0 Å². The van der Waals surface area contributed by atoms with Crippen LogP contribution in [0.1, 0.15) is 0 Å². The second-order valence-corrected chi connectivity index (χ2v) is 4.39. The molecule has 72 valence electrons. The molecule has 2 nitrogen and oxygen atoms in total. The van der Waals surface area contributed by atoms with E-state index < -0.39 is 0 Å². The maximum absolute atomic E-state index is 6.03. The zero-order valence-corrected chi connectivity index (χ0v) is 8.82. The average molecular weight is 227 g/mol. The molecular weight excluding hydrogens is 220 g/mol. The summed E-state index contributed by atoms with van der Waals surface area (Å²) in [6.45, 7) is 1.23. The zero-order chi connectivity index (χ0) is 9.54. The van der Waals surface area contributed by atoms with Crippen LogP contribution < -0.4 is 9.47 Å². The summed E-state index contributed by atoms with van der Waals surface area (Å²) in [6.07, 6.45) is 0.